The van der Waals surface area contributed by atoms with E-state index < -0.39 is 0 Å². The molecule has 0 aliphatic heterocycles. The molecule has 3 rings (SSSR count). The van der Waals surface area contributed by atoms with E-state index in [-0.39, 0.29) is 17.9 Å². The van der Waals surface area contributed by atoms with Gasteiger partial charge in [0.05, 0.1) is 5.92 Å². The van der Waals surface area contributed by atoms with Gasteiger partial charge in [-0.15, -0.1) is 0 Å². The quantitative estimate of drug-likeness (QED) is 0.754. The average molecular weight is 243 g/mol. The van der Waals surface area contributed by atoms with E-state index in [0.29, 0.717) is 6.54 Å². The van der Waals surface area contributed by atoms with Crippen molar-refractivity contribution in [2.75, 3.05) is 6.54 Å². The Morgan fingerprint density at radius 2 is 2.22 bits per heavy atom. The lowest BCUT2D eigenvalue weighted by Gasteiger charge is -2.03. The van der Waals surface area contributed by atoms with Gasteiger partial charge in [-0.05, 0) is 24.5 Å². The Balaban J connectivity index is 1.58. The maximum absolute atomic E-state index is 11.6. The molecule has 0 radical (unpaired) electrons. The smallest absolute Gasteiger partial charge is 0.224 e. The van der Waals surface area contributed by atoms with Crippen molar-refractivity contribution in [2.45, 2.75) is 18.9 Å². The van der Waals surface area contributed by atoms with Crippen LogP contribution < -0.4 is 11.1 Å². The Labute approximate surface area is 106 Å². The Morgan fingerprint density at radius 3 is 3.00 bits per heavy atom. The Hall–Kier alpha value is -1.81. The van der Waals surface area contributed by atoms with Crippen LogP contribution in [0.25, 0.3) is 10.9 Å². The number of H-pyrrole nitrogens is 1. The van der Waals surface area contributed by atoms with E-state index in [1.807, 2.05) is 18.3 Å². The number of para-hydroxylation sites is 1. The zero-order chi connectivity index (χ0) is 12.5. The van der Waals surface area contributed by atoms with Gasteiger partial charge >= 0.3 is 0 Å². The standard InChI is InChI=1S/C14H17N3O/c15-12-7-11(12)14(18)16-6-5-9-8-17-13-4-2-1-3-10(9)13/h1-4,8,11-12,17H,5-7,15H2,(H,16,18). The van der Waals surface area contributed by atoms with Crippen molar-refractivity contribution in [1.82, 2.24) is 10.3 Å². The third-order valence-corrected chi connectivity index (χ3v) is 3.55. The number of nitrogens with one attached hydrogen (secondary N) is 2. The van der Waals surface area contributed by atoms with E-state index in [2.05, 4.69) is 22.4 Å². The first-order valence-electron chi connectivity index (χ1n) is 6.34. The highest BCUT2D eigenvalue weighted by atomic mass is 16.2. The lowest BCUT2D eigenvalue weighted by atomic mass is 10.1. The van der Waals surface area contributed by atoms with Gasteiger partial charge in [-0.3, -0.25) is 4.79 Å². The topological polar surface area (TPSA) is 70.9 Å². The molecule has 1 amide bonds. The summed E-state index contributed by atoms with van der Waals surface area (Å²) in [5.41, 5.74) is 8.03. The molecule has 0 saturated heterocycles. The van der Waals surface area contributed by atoms with Crippen molar-refractivity contribution in [2.24, 2.45) is 11.7 Å². The third kappa shape index (κ3) is 2.11. The van der Waals surface area contributed by atoms with Crippen molar-refractivity contribution in [3.05, 3.63) is 36.0 Å². The van der Waals surface area contributed by atoms with Gasteiger partial charge in [0.1, 0.15) is 0 Å². The van der Waals surface area contributed by atoms with Crippen LogP contribution >= 0.6 is 0 Å². The third-order valence-electron chi connectivity index (χ3n) is 3.55. The molecule has 0 bridgehead atoms. The molecule has 1 heterocycles. The van der Waals surface area contributed by atoms with Gasteiger partial charge in [0.25, 0.3) is 0 Å². The van der Waals surface area contributed by atoms with Crippen molar-refractivity contribution in [1.29, 1.82) is 0 Å². The monoisotopic (exact) mass is 243 g/mol. The molecule has 1 aliphatic rings. The molecular weight excluding hydrogens is 226 g/mol. The van der Waals surface area contributed by atoms with Crippen LogP contribution in [0.4, 0.5) is 0 Å². The van der Waals surface area contributed by atoms with Gasteiger partial charge in [0, 0.05) is 29.7 Å². The second-order valence-electron chi connectivity index (χ2n) is 4.91. The first kappa shape index (κ1) is 11.3. The summed E-state index contributed by atoms with van der Waals surface area (Å²) in [6.45, 7) is 0.671. The summed E-state index contributed by atoms with van der Waals surface area (Å²) in [4.78, 5) is 14.8. The number of carbonyl (C=O) groups is 1. The number of aromatic nitrogens is 1. The molecule has 2 unspecified atom stereocenters. The summed E-state index contributed by atoms with van der Waals surface area (Å²) in [6, 6.07) is 8.28. The van der Waals surface area contributed by atoms with Gasteiger partial charge in [-0.2, -0.15) is 0 Å². The fraction of sp³-hybridized carbons (Fsp3) is 0.357. The van der Waals surface area contributed by atoms with E-state index in [9.17, 15) is 4.79 Å². The minimum Gasteiger partial charge on any atom is -0.361 e. The molecule has 18 heavy (non-hydrogen) atoms. The van der Waals surface area contributed by atoms with E-state index in [1.165, 1.54) is 10.9 Å². The summed E-state index contributed by atoms with van der Waals surface area (Å²) in [5.74, 6) is 0.148. The highest BCUT2D eigenvalue weighted by molar-refractivity contribution is 5.84. The second kappa shape index (κ2) is 4.46. The molecule has 4 N–H and O–H groups in total. The molecule has 94 valence electrons. The Bertz CT molecular complexity index is 575. The number of amides is 1. The largest absolute Gasteiger partial charge is 0.361 e. The number of aromatic amines is 1. The van der Waals surface area contributed by atoms with Crippen molar-refractivity contribution in [3.8, 4) is 0 Å². The van der Waals surface area contributed by atoms with Gasteiger partial charge in [0.2, 0.25) is 5.91 Å². The molecular formula is C14H17N3O. The lowest BCUT2D eigenvalue weighted by molar-refractivity contribution is -0.122. The fourth-order valence-electron chi connectivity index (χ4n) is 2.31. The molecule has 2 atom stereocenters. The normalized spacial score (nSPS) is 22.1. The fourth-order valence-corrected chi connectivity index (χ4v) is 2.31. The molecule has 1 aliphatic carbocycles. The Kier molecular flexibility index (Phi) is 2.80. The van der Waals surface area contributed by atoms with E-state index in [1.54, 1.807) is 0 Å². The maximum Gasteiger partial charge on any atom is 0.224 e. The lowest BCUT2D eigenvalue weighted by Crippen LogP contribution is -2.29. The summed E-state index contributed by atoms with van der Waals surface area (Å²) < 4.78 is 0. The van der Waals surface area contributed by atoms with Gasteiger partial charge in [-0.25, -0.2) is 0 Å². The zero-order valence-electron chi connectivity index (χ0n) is 10.1. The van der Waals surface area contributed by atoms with Crippen molar-refractivity contribution >= 4 is 16.8 Å². The molecule has 2 aromatic rings. The van der Waals surface area contributed by atoms with Crippen LogP contribution in [0.3, 0.4) is 0 Å². The predicted octanol–water partition coefficient (Wildman–Crippen LogP) is 1.17. The van der Waals surface area contributed by atoms with Gasteiger partial charge in [0.15, 0.2) is 0 Å². The van der Waals surface area contributed by atoms with E-state index >= 15 is 0 Å². The summed E-state index contributed by atoms with van der Waals surface area (Å²) in [7, 11) is 0. The number of benzene rings is 1. The first-order valence-corrected chi connectivity index (χ1v) is 6.34. The number of nitrogens with two attached hydrogens (primary N) is 1. The Morgan fingerprint density at radius 1 is 1.44 bits per heavy atom. The van der Waals surface area contributed by atoms with Crippen LogP contribution in [-0.4, -0.2) is 23.5 Å². The van der Waals surface area contributed by atoms with Crippen LogP contribution in [0.5, 0.6) is 0 Å². The highest BCUT2D eigenvalue weighted by Gasteiger charge is 2.39. The van der Waals surface area contributed by atoms with Crippen LogP contribution in [0.15, 0.2) is 30.5 Å². The molecule has 1 aromatic carbocycles. The minimum absolute atomic E-state index is 0.0490. The number of fused-ring (bicyclic) bond motifs is 1. The minimum atomic E-state index is 0.0490. The van der Waals surface area contributed by atoms with E-state index in [0.717, 1.165) is 18.4 Å². The summed E-state index contributed by atoms with van der Waals surface area (Å²) >= 11 is 0. The zero-order valence-corrected chi connectivity index (χ0v) is 10.1. The number of rotatable bonds is 4. The molecule has 4 heteroatoms. The highest BCUT2D eigenvalue weighted by Crippen LogP contribution is 2.27. The molecule has 1 fully saturated rings. The SMILES string of the molecule is NC1CC1C(=O)NCCc1c[nH]c2ccccc12. The summed E-state index contributed by atoms with van der Waals surface area (Å²) in [5, 5.41) is 4.18. The summed E-state index contributed by atoms with van der Waals surface area (Å²) in [6.07, 6.45) is 3.69. The van der Waals surface area contributed by atoms with Crippen molar-refractivity contribution in [3.63, 3.8) is 0 Å². The van der Waals surface area contributed by atoms with Crippen molar-refractivity contribution < 1.29 is 4.79 Å². The second-order valence-corrected chi connectivity index (χ2v) is 4.91. The predicted molar refractivity (Wildman–Crippen MR) is 71.1 cm³/mol. The molecule has 0 spiro atoms. The number of hydrogen-bond acceptors (Lipinski definition) is 2. The molecule has 1 saturated carbocycles. The first-order chi connectivity index (χ1) is 8.75. The van der Waals surface area contributed by atoms with Crippen LogP contribution in [0, 0.1) is 5.92 Å². The van der Waals surface area contributed by atoms with Gasteiger partial charge in [-0.1, -0.05) is 18.2 Å². The van der Waals surface area contributed by atoms with E-state index in [4.69, 9.17) is 5.73 Å². The molecule has 4 nitrogen and oxygen atoms in total. The molecule has 1 aromatic heterocycles. The van der Waals surface area contributed by atoms with Gasteiger partial charge < -0.3 is 16.0 Å². The van der Waals surface area contributed by atoms with Crippen LogP contribution in [-0.2, 0) is 11.2 Å². The maximum atomic E-state index is 11.6. The number of hydrogen-bond donors (Lipinski definition) is 3. The average Bonchev–Trinajstić information content (AvgIpc) is 2.98. The number of carbonyl (C=O) groups excluding carboxylic acids is 1. The van der Waals surface area contributed by atoms with Crippen LogP contribution in [0.2, 0.25) is 0 Å². The van der Waals surface area contributed by atoms with Crippen LogP contribution in [0.1, 0.15) is 12.0 Å².